The Morgan fingerprint density at radius 3 is 2.44 bits per heavy atom. The van der Waals surface area contributed by atoms with Crippen LogP contribution in [0.2, 0.25) is 0 Å². The lowest BCUT2D eigenvalue weighted by Gasteiger charge is -2.03. The molecule has 0 unspecified atom stereocenters. The number of nitrogens with zero attached hydrogens (tertiary/aromatic N) is 2. The van der Waals surface area contributed by atoms with Gasteiger partial charge in [-0.15, -0.1) is 11.3 Å². The smallest absolute Gasteiger partial charge is 0.187 e. The summed E-state index contributed by atoms with van der Waals surface area (Å²) in [7, 11) is 0. The number of aromatic nitrogens is 3. The molecule has 0 bridgehead atoms. The molecule has 130 valence electrons. The third-order valence-electron chi connectivity index (χ3n) is 4.46. The second-order valence-corrected chi connectivity index (χ2v) is 7.10. The van der Waals surface area contributed by atoms with Crippen LogP contribution in [0.15, 0.2) is 84.5 Å². The molecule has 0 aliphatic heterocycles. The van der Waals surface area contributed by atoms with E-state index in [1.54, 1.807) is 17.7 Å². The number of anilines is 2. The maximum absolute atomic E-state index is 4.73. The van der Waals surface area contributed by atoms with E-state index in [4.69, 9.17) is 4.98 Å². The summed E-state index contributed by atoms with van der Waals surface area (Å²) in [6.07, 6.45) is 1.70. The minimum absolute atomic E-state index is 0.871. The fraction of sp³-hybridized carbons (Fsp3) is 0. The standard InChI is InChI=1S/C22H16N4S/c1-2-4-15(5-3-1)16-6-8-17(9-7-16)21-13-27-22(26-21)25-18-10-11-19-20(12-18)24-14-23-19/h1-14H,(H,23,24)(H,25,26). The molecule has 5 heteroatoms. The number of H-pyrrole nitrogens is 1. The van der Waals surface area contributed by atoms with Crippen molar-refractivity contribution in [3.63, 3.8) is 0 Å². The molecule has 27 heavy (non-hydrogen) atoms. The van der Waals surface area contributed by atoms with E-state index < -0.39 is 0 Å². The van der Waals surface area contributed by atoms with Crippen molar-refractivity contribution in [1.29, 1.82) is 0 Å². The van der Waals surface area contributed by atoms with Gasteiger partial charge in [0.1, 0.15) is 0 Å². The van der Waals surface area contributed by atoms with E-state index in [-0.39, 0.29) is 0 Å². The van der Waals surface area contributed by atoms with Gasteiger partial charge in [0.15, 0.2) is 5.13 Å². The Kier molecular flexibility index (Phi) is 3.92. The molecule has 2 N–H and O–H groups in total. The average molecular weight is 368 g/mol. The van der Waals surface area contributed by atoms with Crippen LogP contribution in [0.25, 0.3) is 33.4 Å². The summed E-state index contributed by atoms with van der Waals surface area (Å²) in [5.74, 6) is 0. The largest absolute Gasteiger partial charge is 0.345 e. The van der Waals surface area contributed by atoms with Gasteiger partial charge in [-0.2, -0.15) is 0 Å². The quantitative estimate of drug-likeness (QED) is 0.403. The molecule has 2 heterocycles. The minimum atomic E-state index is 0.871. The number of nitrogens with one attached hydrogen (secondary N) is 2. The first-order valence-electron chi connectivity index (χ1n) is 8.67. The molecule has 2 aromatic heterocycles. The fourth-order valence-corrected chi connectivity index (χ4v) is 3.80. The molecule has 0 aliphatic rings. The Hall–Kier alpha value is -3.44. The molecular formula is C22H16N4S. The molecule has 0 saturated heterocycles. The van der Waals surface area contributed by atoms with Gasteiger partial charge in [0, 0.05) is 16.6 Å². The molecular weight excluding hydrogens is 352 g/mol. The number of thiazole rings is 1. The molecule has 0 radical (unpaired) electrons. The first-order chi connectivity index (χ1) is 13.3. The monoisotopic (exact) mass is 368 g/mol. The lowest BCUT2D eigenvalue weighted by Crippen LogP contribution is -1.89. The molecule has 4 nitrogen and oxygen atoms in total. The van der Waals surface area contributed by atoms with Gasteiger partial charge in [-0.1, -0.05) is 54.6 Å². The zero-order valence-electron chi connectivity index (χ0n) is 14.4. The summed E-state index contributed by atoms with van der Waals surface area (Å²) in [6, 6.07) is 25.0. The Morgan fingerprint density at radius 2 is 1.59 bits per heavy atom. The van der Waals surface area contributed by atoms with Gasteiger partial charge in [0.05, 0.1) is 23.1 Å². The summed E-state index contributed by atoms with van der Waals surface area (Å²) < 4.78 is 0. The number of rotatable bonds is 4. The van der Waals surface area contributed by atoms with Crippen LogP contribution in [0.1, 0.15) is 0 Å². The van der Waals surface area contributed by atoms with Crippen molar-refractivity contribution < 1.29 is 0 Å². The lowest BCUT2D eigenvalue weighted by molar-refractivity contribution is 1.34. The van der Waals surface area contributed by atoms with Gasteiger partial charge in [0.25, 0.3) is 0 Å². The summed E-state index contributed by atoms with van der Waals surface area (Å²) >= 11 is 1.60. The zero-order valence-corrected chi connectivity index (χ0v) is 15.2. The Balaban J connectivity index is 1.37. The summed E-state index contributed by atoms with van der Waals surface area (Å²) in [6.45, 7) is 0. The van der Waals surface area contributed by atoms with Crippen molar-refractivity contribution in [3.8, 4) is 22.4 Å². The topological polar surface area (TPSA) is 53.6 Å². The molecule has 0 saturated carbocycles. The van der Waals surface area contributed by atoms with Crippen LogP contribution in [0.5, 0.6) is 0 Å². The van der Waals surface area contributed by atoms with Crippen LogP contribution in [-0.2, 0) is 0 Å². The number of aromatic amines is 1. The van der Waals surface area contributed by atoms with Crippen LogP contribution in [-0.4, -0.2) is 15.0 Å². The number of benzene rings is 3. The van der Waals surface area contributed by atoms with Crippen molar-refractivity contribution in [2.24, 2.45) is 0 Å². The molecule has 3 aromatic carbocycles. The molecule has 0 amide bonds. The van der Waals surface area contributed by atoms with Crippen molar-refractivity contribution in [2.75, 3.05) is 5.32 Å². The molecule has 5 aromatic rings. The first kappa shape index (κ1) is 15.8. The van der Waals surface area contributed by atoms with E-state index >= 15 is 0 Å². The van der Waals surface area contributed by atoms with Crippen LogP contribution in [0, 0.1) is 0 Å². The fourth-order valence-electron chi connectivity index (χ4n) is 3.06. The Labute approximate surface area is 160 Å². The van der Waals surface area contributed by atoms with Gasteiger partial charge in [-0.25, -0.2) is 9.97 Å². The summed E-state index contributed by atoms with van der Waals surface area (Å²) in [5, 5.41) is 6.32. The SMILES string of the molecule is c1ccc(-c2ccc(-c3csc(Nc4ccc5nc[nH]c5c4)n3)cc2)cc1. The highest BCUT2D eigenvalue weighted by Gasteiger charge is 2.06. The van der Waals surface area contributed by atoms with Crippen molar-refractivity contribution in [1.82, 2.24) is 15.0 Å². The van der Waals surface area contributed by atoms with Crippen LogP contribution >= 0.6 is 11.3 Å². The predicted octanol–water partition coefficient (Wildman–Crippen LogP) is 6.10. The second kappa shape index (κ2) is 6.70. The van der Waals surface area contributed by atoms with E-state index in [0.29, 0.717) is 0 Å². The summed E-state index contributed by atoms with van der Waals surface area (Å²) in [5.41, 5.74) is 7.48. The van der Waals surface area contributed by atoms with Crippen LogP contribution < -0.4 is 5.32 Å². The van der Waals surface area contributed by atoms with Crippen molar-refractivity contribution in [3.05, 3.63) is 84.5 Å². The molecule has 0 atom stereocenters. The highest BCUT2D eigenvalue weighted by molar-refractivity contribution is 7.14. The zero-order chi connectivity index (χ0) is 18.1. The maximum Gasteiger partial charge on any atom is 0.187 e. The third kappa shape index (κ3) is 3.20. The highest BCUT2D eigenvalue weighted by Crippen LogP contribution is 2.29. The first-order valence-corrected chi connectivity index (χ1v) is 9.55. The normalized spacial score (nSPS) is 11.0. The maximum atomic E-state index is 4.73. The molecule has 0 spiro atoms. The van der Waals surface area contributed by atoms with Gasteiger partial charge < -0.3 is 10.3 Å². The van der Waals surface area contributed by atoms with E-state index in [2.05, 4.69) is 69.2 Å². The van der Waals surface area contributed by atoms with Gasteiger partial charge in [-0.05, 0) is 29.3 Å². The third-order valence-corrected chi connectivity index (χ3v) is 5.22. The summed E-state index contributed by atoms with van der Waals surface area (Å²) in [4.78, 5) is 12.1. The van der Waals surface area contributed by atoms with E-state index in [1.165, 1.54) is 11.1 Å². The van der Waals surface area contributed by atoms with Crippen molar-refractivity contribution >= 4 is 33.2 Å². The van der Waals surface area contributed by atoms with E-state index in [9.17, 15) is 0 Å². The molecule has 5 rings (SSSR count). The average Bonchev–Trinajstić information content (AvgIpc) is 3.38. The van der Waals surface area contributed by atoms with Crippen LogP contribution in [0.3, 0.4) is 0 Å². The highest BCUT2D eigenvalue weighted by atomic mass is 32.1. The lowest BCUT2D eigenvalue weighted by atomic mass is 10.0. The van der Waals surface area contributed by atoms with E-state index in [1.807, 2.05) is 24.3 Å². The van der Waals surface area contributed by atoms with E-state index in [0.717, 1.165) is 33.1 Å². The van der Waals surface area contributed by atoms with Crippen molar-refractivity contribution in [2.45, 2.75) is 0 Å². The van der Waals surface area contributed by atoms with Gasteiger partial charge in [0.2, 0.25) is 0 Å². The molecule has 0 aliphatic carbocycles. The minimum Gasteiger partial charge on any atom is -0.345 e. The predicted molar refractivity (Wildman–Crippen MR) is 112 cm³/mol. The second-order valence-electron chi connectivity index (χ2n) is 6.24. The van der Waals surface area contributed by atoms with Gasteiger partial charge >= 0.3 is 0 Å². The Bertz CT molecular complexity index is 1190. The van der Waals surface area contributed by atoms with Crippen LogP contribution in [0.4, 0.5) is 10.8 Å². The molecule has 0 fully saturated rings. The Morgan fingerprint density at radius 1 is 0.815 bits per heavy atom. The number of hydrogen-bond donors (Lipinski definition) is 2. The number of imidazole rings is 1. The number of hydrogen-bond acceptors (Lipinski definition) is 4. The number of fused-ring (bicyclic) bond motifs is 1. The van der Waals surface area contributed by atoms with Gasteiger partial charge in [-0.3, -0.25) is 0 Å².